The fourth-order valence-corrected chi connectivity index (χ4v) is 2.01. The molecule has 0 aliphatic rings. The number of aryl methyl sites for hydroxylation is 1. The first kappa shape index (κ1) is 13.7. The van der Waals surface area contributed by atoms with Crippen LogP contribution in [0.5, 0.6) is 0 Å². The Balaban J connectivity index is 2.90. The van der Waals surface area contributed by atoms with Crippen molar-refractivity contribution in [2.24, 2.45) is 5.73 Å². The van der Waals surface area contributed by atoms with Crippen molar-refractivity contribution in [2.75, 3.05) is 6.54 Å². The molecule has 0 bridgehead atoms. The van der Waals surface area contributed by atoms with Gasteiger partial charge in [0.05, 0.1) is 0 Å². The van der Waals surface area contributed by atoms with Crippen LogP contribution in [0.3, 0.4) is 0 Å². The smallest absolute Gasteiger partial charge is 0.219 e. The first-order valence-electron chi connectivity index (χ1n) is 6.28. The molecule has 0 radical (unpaired) electrons. The maximum absolute atomic E-state index is 11.1. The van der Waals surface area contributed by atoms with Crippen molar-refractivity contribution in [3.8, 4) is 0 Å². The van der Waals surface area contributed by atoms with E-state index in [0.29, 0.717) is 6.42 Å². The number of hydrogen-bond donors (Lipinski definition) is 2. The van der Waals surface area contributed by atoms with Crippen molar-refractivity contribution in [2.45, 2.75) is 39.2 Å². The van der Waals surface area contributed by atoms with Crippen LogP contribution in [0, 0.1) is 0 Å². The van der Waals surface area contributed by atoms with Crippen LogP contribution in [-0.2, 0) is 11.2 Å². The van der Waals surface area contributed by atoms with E-state index in [1.807, 2.05) is 12.1 Å². The monoisotopic (exact) mass is 234 g/mol. The topological polar surface area (TPSA) is 55.1 Å². The Hall–Kier alpha value is -1.35. The van der Waals surface area contributed by atoms with Crippen molar-refractivity contribution in [3.05, 3.63) is 35.4 Å². The molecule has 1 aromatic carbocycles. The van der Waals surface area contributed by atoms with Gasteiger partial charge in [-0.15, -0.1) is 0 Å². The minimum absolute atomic E-state index is 0.0450. The maximum atomic E-state index is 11.1. The van der Waals surface area contributed by atoms with E-state index in [1.165, 1.54) is 11.1 Å². The summed E-state index contributed by atoms with van der Waals surface area (Å²) in [6.07, 6.45) is 2.37. The SMILES string of the molecule is CCCNC(CC(N)=O)c1ccccc1CC. The van der Waals surface area contributed by atoms with E-state index in [-0.39, 0.29) is 11.9 Å². The number of benzene rings is 1. The summed E-state index contributed by atoms with van der Waals surface area (Å²) in [4.78, 5) is 11.1. The molecule has 0 aromatic heterocycles. The second kappa shape index (κ2) is 7.07. The molecule has 1 atom stereocenters. The molecule has 0 aliphatic heterocycles. The average Bonchev–Trinajstić information content (AvgIpc) is 2.34. The first-order chi connectivity index (χ1) is 8.19. The van der Waals surface area contributed by atoms with Crippen LogP contribution in [0.25, 0.3) is 0 Å². The molecule has 1 unspecified atom stereocenters. The normalized spacial score (nSPS) is 12.4. The van der Waals surface area contributed by atoms with Crippen LogP contribution < -0.4 is 11.1 Å². The second-order valence-corrected chi connectivity index (χ2v) is 4.23. The molecule has 0 fully saturated rings. The molecule has 3 heteroatoms. The van der Waals surface area contributed by atoms with E-state index in [1.54, 1.807) is 0 Å². The van der Waals surface area contributed by atoms with E-state index >= 15 is 0 Å². The molecule has 0 saturated carbocycles. The van der Waals surface area contributed by atoms with Gasteiger partial charge in [-0.05, 0) is 30.5 Å². The lowest BCUT2D eigenvalue weighted by molar-refractivity contribution is -0.118. The largest absolute Gasteiger partial charge is 0.370 e. The molecular formula is C14H22N2O. The van der Waals surface area contributed by atoms with Crippen molar-refractivity contribution >= 4 is 5.91 Å². The molecular weight excluding hydrogens is 212 g/mol. The van der Waals surface area contributed by atoms with Gasteiger partial charge in [0.2, 0.25) is 5.91 Å². The van der Waals surface area contributed by atoms with E-state index < -0.39 is 0 Å². The third-order valence-electron chi connectivity index (χ3n) is 2.86. The molecule has 0 heterocycles. The third-order valence-corrected chi connectivity index (χ3v) is 2.86. The number of carbonyl (C=O) groups excluding carboxylic acids is 1. The number of hydrogen-bond acceptors (Lipinski definition) is 2. The minimum atomic E-state index is -0.260. The van der Waals surface area contributed by atoms with Crippen LogP contribution in [-0.4, -0.2) is 12.5 Å². The molecule has 94 valence electrons. The van der Waals surface area contributed by atoms with Gasteiger partial charge in [0.15, 0.2) is 0 Å². The summed E-state index contributed by atoms with van der Waals surface area (Å²) in [5.41, 5.74) is 7.79. The van der Waals surface area contributed by atoms with Gasteiger partial charge in [0.25, 0.3) is 0 Å². The fourth-order valence-electron chi connectivity index (χ4n) is 2.01. The molecule has 1 rings (SSSR count). The Morgan fingerprint density at radius 2 is 2.06 bits per heavy atom. The van der Waals surface area contributed by atoms with E-state index in [9.17, 15) is 4.79 Å². The zero-order chi connectivity index (χ0) is 12.7. The highest BCUT2D eigenvalue weighted by Crippen LogP contribution is 2.21. The van der Waals surface area contributed by atoms with Gasteiger partial charge >= 0.3 is 0 Å². The highest BCUT2D eigenvalue weighted by molar-refractivity contribution is 5.74. The van der Waals surface area contributed by atoms with E-state index in [2.05, 4.69) is 31.3 Å². The number of carbonyl (C=O) groups is 1. The van der Waals surface area contributed by atoms with Gasteiger partial charge in [-0.25, -0.2) is 0 Å². The molecule has 17 heavy (non-hydrogen) atoms. The lowest BCUT2D eigenvalue weighted by Crippen LogP contribution is -2.28. The van der Waals surface area contributed by atoms with Gasteiger partial charge in [-0.1, -0.05) is 38.1 Å². The standard InChI is InChI=1S/C14H22N2O/c1-3-9-16-13(10-14(15)17)12-8-6-5-7-11(12)4-2/h5-8,13,16H,3-4,9-10H2,1-2H3,(H2,15,17). The predicted octanol–water partition coefficient (Wildman–Crippen LogP) is 2.17. The van der Waals surface area contributed by atoms with E-state index in [0.717, 1.165) is 19.4 Å². The van der Waals surface area contributed by atoms with Crippen molar-refractivity contribution in [3.63, 3.8) is 0 Å². The van der Waals surface area contributed by atoms with Gasteiger partial charge in [0.1, 0.15) is 0 Å². The van der Waals surface area contributed by atoms with Crippen LogP contribution >= 0.6 is 0 Å². The molecule has 3 nitrogen and oxygen atoms in total. The zero-order valence-corrected chi connectivity index (χ0v) is 10.7. The number of amides is 1. The second-order valence-electron chi connectivity index (χ2n) is 4.23. The summed E-state index contributed by atoms with van der Waals surface area (Å²) in [6.45, 7) is 5.13. The fraction of sp³-hybridized carbons (Fsp3) is 0.500. The quantitative estimate of drug-likeness (QED) is 0.759. The summed E-state index contributed by atoms with van der Waals surface area (Å²) < 4.78 is 0. The van der Waals surface area contributed by atoms with Gasteiger partial charge in [-0.3, -0.25) is 4.79 Å². The van der Waals surface area contributed by atoms with Crippen molar-refractivity contribution in [1.82, 2.24) is 5.32 Å². The number of nitrogens with one attached hydrogen (secondary N) is 1. The third kappa shape index (κ3) is 4.19. The number of rotatable bonds is 7. The zero-order valence-electron chi connectivity index (χ0n) is 10.7. The van der Waals surface area contributed by atoms with E-state index in [4.69, 9.17) is 5.73 Å². The van der Waals surface area contributed by atoms with Crippen LogP contribution in [0.4, 0.5) is 0 Å². The maximum Gasteiger partial charge on any atom is 0.219 e. The van der Waals surface area contributed by atoms with Gasteiger partial charge < -0.3 is 11.1 Å². The highest BCUT2D eigenvalue weighted by atomic mass is 16.1. The van der Waals surface area contributed by atoms with Crippen molar-refractivity contribution in [1.29, 1.82) is 0 Å². The van der Waals surface area contributed by atoms with Crippen LogP contribution in [0.2, 0.25) is 0 Å². The Bertz CT molecular complexity index is 363. The summed E-state index contributed by atoms with van der Waals surface area (Å²) in [7, 11) is 0. The molecule has 1 aromatic rings. The minimum Gasteiger partial charge on any atom is -0.370 e. The summed E-state index contributed by atoms with van der Waals surface area (Å²) in [5.74, 6) is -0.260. The lowest BCUT2D eigenvalue weighted by atomic mass is 9.96. The van der Waals surface area contributed by atoms with Crippen LogP contribution in [0.15, 0.2) is 24.3 Å². The summed E-state index contributed by atoms with van der Waals surface area (Å²) in [5, 5.41) is 3.39. The predicted molar refractivity (Wildman–Crippen MR) is 70.7 cm³/mol. The number of primary amides is 1. The van der Waals surface area contributed by atoms with Crippen LogP contribution in [0.1, 0.15) is 43.9 Å². The van der Waals surface area contributed by atoms with Gasteiger partial charge in [0, 0.05) is 12.5 Å². The number of nitrogens with two attached hydrogens (primary N) is 1. The molecule has 3 N–H and O–H groups in total. The summed E-state index contributed by atoms with van der Waals surface area (Å²) in [6, 6.07) is 8.27. The van der Waals surface area contributed by atoms with Crippen molar-refractivity contribution < 1.29 is 4.79 Å². The molecule has 0 aliphatic carbocycles. The Morgan fingerprint density at radius 3 is 2.65 bits per heavy atom. The Kier molecular flexibility index (Phi) is 5.70. The average molecular weight is 234 g/mol. The first-order valence-corrected chi connectivity index (χ1v) is 6.28. The molecule has 1 amide bonds. The Labute approximate surface area is 103 Å². The molecule has 0 spiro atoms. The molecule has 0 saturated heterocycles. The summed E-state index contributed by atoms with van der Waals surface area (Å²) >= 11 is 0. The highest BCUT2D eigenvalue weighted by Gasteiger charge is 2.15. The lowest BCUT2D eigenvalue weighted by Gasteiger charge is -2.20. The van der Waals surface area contributed by atoms with Gasteiger partial charge in [-0.2, -0.15) is 0 Å². The Morgan fingerprint density at radius 1 is 1.35 bits per heavy atom.